The molecule has 1 heterocycles. The molecule has 3 rings (SSSR count). The first-order valence-electron chi connectivity index (χ1n) is 6.71. The van der Waals surface area contributed by atoms with Crippen molar-refractivity contribution in [3.8, 4) is 0 Å². The number of anilines is 1. The highest BCUT2D eigenvalue weighted by Crippen LogP contribution is 2.29. The number of benzene rings is 1. The van der Waals surface area contributed by atoms with Crippen molar-refractivity contribution in [3.05, 3.63) is 35.5 Å². The van der Waals surface area contributed by atoms with Gasteiger partial charge in [0.05, 0.1) is 17.3 Å². The van der Waals surface area contributed by atoms with Gasteiger partial charge in [-0.2, -0.15) is 0 Å². The van der Waals surface area contributed by atoms with Gasteiger partial charge >= 0.3 is 0 Å². The molecule has 0 unspecified atom stereocenters. The molecule has 100 valence electrons. The fraction of sp³-hybridized carbons (Fsp3) is 0.400. The number of hydrogen-bond donors (Lipinski definition) is 2. The molecule has 2 N–H and O–H groups in total. The van der Waals surface area contributed by atoms with Crippen molar-refractivity contribution < 1.29 is 5.11 Å². The molecule has 2 aromatic rings. The van der Waals surface area contributed by atoms with Gasteiger partial charge in [-0.25, -0.2) is 0 Å². The Morgan fingerprint density at radius 2 is 2.00 bits per heavy atom. The first-order chi connectivity index (χ1) is 9.22. The van der Waals surface area contributed by atoms with Crippen LogP contribution in [0.4, 0.5) is 5.69 Å². The Morgan fingerprint density at radius 1 is 1.21 bits per heavy atom. The van der Waals surface area contributed by atoms with Crippen LogP contribution in [0.3, 0.4) is 0 Å². The summed E-state index contributed by atoms with van der Waals surface area (Å²) < 4.78 is 0. The molecule has 0 saturated heterocycles. The number of hydrogen-bond acceptors (Lipinski definition) is 3. The molecular weight excluding hydrogens is 260 g/mol. The first-order valence-corrected chi connectivity index (χ1v) is 7.09. The third kappa shape index (κ3) is 2.82. The summed E-state index contributed by atoms with van der Waals surface area (Å²) in [6.07, 6.45) is 5.37. The highest BCUT2D eigenvalue weighted by atomic mass is 35.5. The number of fused-ring (bicyclic) bond motifs is 1. The molecule has 1 aliphatic rings. The second-order valence-electron chi connectivity index (χ2n) is 5.18. The molecule has 0 atom stereocenters. The van der Waals surface area contributed by atoms with Crippen LogP contribution in [0.25, 0.3) is 10.9 Å². The quantitative estimate of drug-likeness (QED) is 0.881. The number of nitrogens with zero attached hydrogens (tertiary/aromatic N) is 1. The number of aromatic nitrogens is 1. The lowest BCUT2D eigenvalue weighted by molar-refractivity contribution is 0.126. The molecule has 0 spiro atoms. The summed E-state index contributed by atoms with van der Waals surface area (Å²) in [5.41, 5.74) is 1.95. The van der Waals surface area contributed by atoms with Crippen LogP contribution in [0.5, 0.6) is 0 Å². The van der Waals surface area contributed by atoms with Crippen molar-refractivity contribution in [1.29, 1.82) is 0 Å². The third-order valence-electron chi connectivity index (χ3n) is 3.73. The Hall–Kier alpha value is -1.32. The molecule has 1 aromatic heterocycles. The van der Waals surface area contributed by atoms with E-state index in [1.54, 1.807) is 6.20 Å². The van der Waals surface area contributed by atoms with E-state index in [0.717, 1.165) is 47.3 Å². The predicted molar refractivity (Wildman–Crippen MR) is 78.6 cm³/mol. The largest absolute Gasteiger partial charge is 0.393 e. The zero-order chi connectivity index (χ0) is 13.2. The monoisotopic (exact) mass is 276 g/mol. The summed E-state index contributed by atoms with van der Waals surface area (Å²) in [7, 11) is 0. The van der Waals surface area contributed by atoms with E-state index in [1.165, 1.54) is 0 Å². The molecular formula is C15H17ClN2O. The highest BCUT2D eigenvalue weighted by Gasteiger charge is 2.19. The van der Waals surface area contributed by atoms with Crippen LogP contribution in [0.15, 0.2) is 30.5 Å². The maximum absolute atomic E-state index is 9.55. The third-order valence-corrected chi connectivity index (χ3v) is 3.94. The number of rotatable bonds is 2. The molecule has 0 aliphatic heterocycles. The van der Waals surface area contributed by atoms with E-state index in [-0.39, 0.29) is 6.10 Å². The van der Waals surface area contributed by atoms with Crippen LogP contribution in [-0.2, 0) is 0 Å². The number of nitrogens with one attached hydrogen (secondary N) is 1. The summed E-state index contributed by atoms with van der Waals surface area (Å²) in [4.78, 5) is 4.43. The van der Waals surface area contributed by atoms with Crippen molar-refractivity contribution >= 4 is 28.2 Å². The molecule has 1 saturated carbocycles. The minimum Gasteiger partial charge on any atom is -0.393 e. The molecule has 4 heteroatoms. The summed E-state index contributed by atoms with van der Waals surface area (Å²) in [5, 5.41) is 14.8. The highest BCUT2D eigenvalue weighted by molar-refractivity contribution is 6.31. The average Bonchev–Trinajstić information content (AvgIpc) is 2.41. The summed E-state index contributed by atoms with van der Waals surface area (Å²) in [6.45, 7) is 0. The lowest BCUT2D eigenvalue weighted by atomic mass is 9.93. The SMILES string of the molecule is OC1CCC(Nc2cc(Cl)cc3cccnc23)CC1. The smallest absolute Gasteiger partial charge is 0.0934 e. The minimum absolute atomic E-state index is 0.132. The van der Waals surface area contributed by atoms with Gasteiger partial charge in [-0.1, -0.05) is 17.7 Å². The number of pyridine rings is 1. The van der Waals surface area contributed by atoms with Gasteiger partial charge < -0.3 is 10.4 Å². The fourth-order valence-electron chi connectivity index (χ4n) is 2.71. The second kappa shape index (κ2) is 5.35. The summed E-state index contributed by atoms with van der Waals surface area (Å²) >= 11 is 6.16. The standard InChI is InChI=1S/C15H17ClN2O/c16-11-8-10-2-1-7-17-15(10)14(9-11)18-12-3-5-13(19)6-4-12/h1-2,7-9,12-13,18-19H,3-6H2. The molecule has 0 bridgehead atoms. The van der Waals surface area contributed by atoms with Gasteiger partial charge in [-0.05, 0) is 43.9 Å². The van der Waals surface area contributed by atoms with Crippen LogP contribution >= 0.6 is 11.6 Å². The normalized spacial score (nSPS) is 23.5. The van der Waals surface area contributed by atoms with Crippen molar-refractivity contribution in [1.82, 2.24) is 4.98 Å². The van der Waals surface area contributed by atoms with Gasteiger partial charge in [-0.15, -0.1) is 0 Å². The van der Waals surface area contributed by atoms with Crippen LogP contribution < -0.4 is 5.32 Å². The lowest BCUT2D eigenvalue weighted by Crippen LogP contribution is -2.28. The van der Waals surface area contributed by atoms with E-state index >= 15 is 0 Å². The molecule has 1 aromatic carbocycles. The topological polar surface area (TPSA) is 45.1 Å². The Morgan fingerprint density at radius 3 is 2.79 bits per heavy atom. The zero-order valence-electron chi connectivity index (χ0n) is 10.6. The molecule has 0 amide bonds. The van der Waals surface area contributed by atoms with Crippen molar-refractivity contribution in [2.75, 3.05) is 5.32 Å². The van der Waals surface area contributed by atoms with E-state index in [9.17, 15) is 5.11 Å². The first kappa shape index (κ1) is 12.7. The molecule has 1 aliphatic carbocycles. The minimum atomic E-state index is -0.132. The zero-order valence-corrected chi connectivity index (χ0v) is 11.4. The second-order valence-corrected chi connectivity index (χ2v) is 5.61. The van der Waals surface area contributed by atoms with Crippen LogP contribution in [-0.4, -0.2) is 22.2 Å². The Bertz CT molecular complexity index is 579. The Labute approximate surface area is 117 Å². The molecule has 0 radical (unpaired) electrons. The number of halogens is 1. The van der Waals surface area contributed by atoms with E-state index in [0.29, 0.717) is 6.04 Å². The van der Waals surface area contributed by atoms with Crippen molar-refractivity contribution in [3.63, 3.8) is 0 Å². The van der Waals surface area contributed by atoms with Gasteiger partial charge in [0.15, 0.2) is 0 Å². The number of aliphatic hydroxyl groups excluding tert-OH is 1. The summed E-state index contributed by atoms with van der Waals surface area (Å²) in [5.74, 6) is 0. The van der Waals surface area contributed by atoms with Gasteiger partial charge in [0.1, 0.15) is 0 Å². The fourth-order valence-corrected chi connectivity index (χ4v) is 2.93. The van der Waals surface area contributed by atoms with E-state index < -0.39 is 0 Å². The number of aliphatic hydroxyl groups is 1. The maximum atomic E-state index is 9.55. The van der Waals surface area contributed by atoms with Gasteiger partial charge in [0.25, 0.3) is 0 Å². The van der Waals surface area contributed by atoms with Crippen LogP contribution in [0.2, 0.25) is 5.02 Å². The Kier molecular flexibility index (Phi) is 3.58. The Balaban J connectivity index is 1.88. The van der Waals surface area contributed by atoms with Gasteiger partial charge in [-0.3, -0.25) is 4.98 Å². The average molecular weight is 277 g/mol. The predicted octanol–water partition coefficient (Wildman–Crippen LogP) is 3.60. The maximum Gasteiger partial charge on any atom is 0.0934 e. The van der Waals surface area contributed by atoms with Gasteiger partial charge in [0, 0.05) is 22.6 Å². The van der Waals surface area contributed by atoms with E-state index in [1.807, 2.05) is 24.3 Å². The van der Waals surface area contributed by atoms with Crippen molar-refractivity contribution in [2.45, 2.75) is 37.8 Å². The molecule has 19 heavy (non-hydrogen) atoms. The van der Waals surface area contributed by atoms with E-state index in [2.05, 4.69) is 10.3 Å². The van der Waals surface area contributed by atoms with Crippen LogP contribution in [0, 0.1) is 0 Å². The molecule has 1 fully saturated rings. The lowest BCUT2D eigenvalue weighted by Gasteiger charge is -2.27. The van der Waals surface area contributed by atoms with Crippen LogP contribution in [0.1, 0.15) is 25.7 Å². The summed E-state index contributed by atoms with van der Waals surface area (Å²) in [6, 6.07) is 8.19. The van der Waals surface area contributed by atoms with E-state index in [4.69, 9.17) is 11.6 Å². The molecule has 3 nitrogen and oxygen atoms in total. The van der Waals surface area contributed by atoms with Gasteiger partial charge in [0.2, 0.25) is 0 Å². The van der Waals surface area contributed by atoms with Crippen molar-refractivity contribution in [2.24, 2.45) is 0 Å².